The van der Waals surface area contributed by atoms with E-state index in [2.05, 4.69) is 10.6 Å². The fourth-order valence-electron chi connectivity index (χ4n) is 1.54. The number of carbonyl (C=O) groups excluding carboxylic acids is 2. The summed E-state index contributed by atoms with van der Waals surface area (Å²) in [5.41, 5.74) is 5.54. The molecule has 1 aliphatic rings. The number of rotatable bonds is 4. The van der Waals surface area contributed by atoms with Crippen molar-refractivity contribution < 1.29 is 9.59 Å². The van der Waals surface area contributed by atoms with Gasteiger partial charge in [-0.3, -0.25) is 9.59 Å². The lowest BCUT2D eigenvalue weighted by Gasteiger charge is -2.22. The third-order valence-corrected chi connectivity index (χ3v) is 2.45. The molecule has 0 bridgehead atoms. The minimum Gasteiger partial charge on any atom is -0.354 e. The Bertz CT molecular complexity index is 241. The monoisotopic (exact) mass is 213 g/mol. The maximum atomic E-state index is 11.4. The molecule has 2 atom stereocenters. The normalized spacial score (nSPS) is 23.1. The number of hydrogen-bond donors (Lipinski definition) is 3. The molecule has 1 heterocycles. The summed E-state index contributed by atoms with van der Waals surface area (Å²) in [6.45, 7) is 2.58. The van der Waals surface area contributed by atoms with Crippen LogP contribution in [0.1, 0.15) is 32.6 Å². The Balaban J connectivity index is 2.27. The Hall–Kier alpha value is -1.10. The van der Waals surface area contributed by atoms with Crippen LogP contribution in [0.2, 0.25) is 0 Å². The second-order valence-corrected chi connectivity index (χ2v) is 4.07. The minimum atomic E-state index is -0.348. The Morgan fingerprint density at radius 1 is 1.73 bits per heavy atom. The first-order chi connectivity index (χ1) is 7.09. The van der Waals surface area contributed by atoms with Crippen LogP contribution in [0.25, 0.3) is 0 Å². The lowest BCUT2D eigenvalue weighted by Crippen LogP contribution is -2.50. The summed E-state index contributed by atoms with van der Waals surface area (Å²) in [6.07, 6.45) is 2.70. The van der Waals surface area contributed by atoms with Gasteiger partial charge in [-0.15, -0.1) is 0 Å². The fraction of sp³-hybridized carbons (Fsp3) is 0.800. The molecular weight excluding hydrogens is 194 g/mol. The van der Waals surface area contributed by atoms with Crippen LogP contribution in [0.15, 0.2) is 0 Å². The van der Waals surface area contributed by atoms with Crippen LogP contribution in [0.4, 0.5) is 0 Å². The zero-order valence-corrected chi connectivity index (χ0v) is 9.08. The van der Waals surface area contributed by atoms with E-state index in [1.807, 2.05) is 6.92 Å². The highest BCUT2D eigenvalue weighted by Crippen LogP contribution is 2.03. The number of hydrogen-bond acceptors (Lipinski definition) is 3. The third-order valence-electron chi connectivity index (χ3n) is 2.45. The molecular formula is C10H19N3O2. The van der Waals surface area contributed by atoms with Crippen molar-refractivity contribution in [2.45, 2.75) is 44.7 Å². The second-order valence-electron chi connectivity index (χ2n) is 4.07. The molecule has 5 nitrogen and oxygen atoms in total. The van der Waals surface area contributed by atoms with Crippen molar-refractivity contribution >= 4 is 11.8 Å². The highest BCUT2D eigenvalue weighted by Gasteiger charge is 2.23. The number of carbonyl (C=O) groups is 2. The van der Waals surface area contributed by atoms with Crippen molar-refractivity contribution in [2.24, 2.45) is 5.73 Å². The zero-order valence-electron chi connectivity index (χ0n) is 9.08. The van der Waals surface area contributed by atoms with Crippen molar-refractivity contribution in [3.63, 3.8) is 0 Å². The average molecular weight is 213 g/mol. The van der Waals surface area contributed by atoms with E-state index in [1.54, 1.807) is 0 Å². The van der Waals surface area contributed by atoms with Crippen molar-refractivity contribution in [3.05, 3.63) is 0 Å². The molecule has 15 heavy (non-hydrogen) atoms. The van der Waals surface area contributed by atoms with E-state index in [-0.39, 0.29) is 23.9 Å². The lowest BCUT2D eigenvalue weighted by atomic mass is 10.1. The zero-order chi connectivity index (χ0) is 11.3. The molecule has 4 N–H and O–H groups in total. The standard InChI is InChI=1S/C10H19N3O2/c1-7(11)4-5-9(14)13-8-3-2-6-12-10(8)15/h7-8H,2-6,11H2,1H3,(H,12,15)(H,13,14). The van der Waals surface area contributed by atoms with E-state index in [1.165, 1.54) is 0 Å². The van der Waals surface area contributed by atoms with E-state index >= 15 is 0 Å². The SMILES string of the molecule is CC(N)CCC(=O)NC1CCCNC1=O. The molecule has 0 radical (unpaired) electrons. The number of amides is 2. The van der Waals surface area contributed by atoms with E-state index in [4.69, 9.17) is 5.73 Å². The van der Waals surface area contributed by atoms with Gasteiger partial charge >= 0.3 is 0 Å². The van der Waals surface area contributed by atoms with Gasteiger partial charge in [0.05, 0.1) is 0 Å². The molecule has 1 aliphatic heterocycles. The topological polar surface area (TPSA) is 84.2 Å². The number of piperidine rings is 1. The molecule has 1 rings (SSSR count). The maximum absolute atomic E-state index is 11.4. The third kappa shape index (κ3) is 4.29. The summed E-state index contributed by atoms with van der Waals surface area (Å²) in [5.74, 6) is -0.162. The summed E-state index contributed by atoms with van der Waals surface area (Å²) in [5, 5.41) is 5.44. The van der Waals surface area contributed by atoms with Crippen molar-refractivity contribution in [1.82, 2.24) is 10.6 Å². The van der Waals surface area contributed by atoms with Gasteiger partial charge in [0.1, 0.15) is 6.04 Å². The number of nitrogens with two attached hydrogens (primary N) is 1. The highest BCUT2D eigenvalue weighted by molar-refractivity contribution is 5.88. The first kappa shape index (κ1) is 12.0. The quantitative estimate of drug-likeness (QED) is 0.589. The molecule has 1 fully saturated rings. The Labute approximate surface area is 89.8 Å². The summed E-state index contributed by atoms with van der Waals surface area (Å²) in [6, 6.07) is -0.324. The molecule has 0 saturated carbocycles. The van der Waals surface area contributed by atoms with Gasteiger partial charge in [0.2, 0.25) is 11.8 Å². The molecule has 0 aromatic rings. The smallest absolute Gasteiger partial charge is 0.242 e. The molecule has 0 aromatic carbocycles. The first-order valence-electron chi connectivity index (χ1n) is 5.42. The largest absolute Gasteiger partial charge is 0.354 e. The lowest BCUT2D eigenvalue weighted by molar-refractivity contribution is -0.130. The van der Waals surface area contributed by atoms with Gasteiger partial charge in [-0.1, -0.05) is 0 Å². The summed E-state index contributed by atoms with van der Waals surface area (Å²) in [7, 11) is 0. The van der Waals surface area contributed by atoms with Gasteiger partial charge in [-0.25, -0.2) is 0 Å². The van der Waals surface area contributed by atoms with Gasteiger partial charge in [0, 0.05) is 19.0 Å². The van der Waals surface area contributed by atoms with Crippen molar-refractivity contribution in [2.75, 3.05) is 6.54 Å². The number of nitrogens with one attached hydrogen (secondary N) is 2. The average Bonchev–Trinajstić information content (AvgIpc) is 2.18. The molecule has 5 heteroatoms. The van der Waals surface area contributed by atoms with E-state index in [0.29, 0.717) is 19.4 Å². The maximum Gasteiger partial charge on any atom is 0.242 e. The van der Waals surface area contributed by atoms with Crippen LogP contribution in [-0.4, -0.2) is 30.4 Å². The fourth-order valence-corrected chi connectivity index (χ4v) is 1.54. The summed E-state index contributed by atoms with van der Waals surface area (Å²) < 4.78 is 0. The molecule has 1 saturated heterocycles. The van der Waals surface area contributed by atoms with Gasteiger partial charge in [-0.05, 0) is 26.2 Å². The van der Waals surface area contributed by atoms with Crippen molar-refractivity contribution in [3.8, 4) is 0 Å². The van der Waals surface area contributed by atoms with Gasteiger partial charge < -0.3 is 16.4 Å². The summed E-state index contributed by atoms with van der Waals surface area (Å²) in [4.78, 5) is 22.7. The Morgan fingerprint density at radius 2 is 2.47 bits per heavy atom. The van der Waals surface area contributed by atoms with Crippen LogP contribution in [0.5, 0.6) is 0 Å². The first-order valence-corrected chi connectivity index (χ1v) is 5.42. The van der Waals surface area contributed by atoms with Gasteiger partial charge in [0.25, 0.3) is 0 Å². The van der Waals surface area contributed by atoms with Crippen LogP contribution in [0, 0.1) is 0 Å². The molecule has 86 valence electrons. The van der Waals surface area contributed by atoms with E-state index < -0.39 is 0 Å². The second kappa shape index (κ2) is 5.70. The minimum absolute atomic E-state index is 0.0240. The molecule has 2 amide bonds. The predicted octanol–water partition coefficient (Wildman–Crippen LogP) is -0.491. The molecule has 0 spiro atoms. The van der Waals surface area contributed by atoms with Gasteiger partial charge in [-0.2, -0.15) is 0 Å². The molecule has 0 aromatic heterocycles. The van der Waals surface area contributed by atoms with E-state index in [9.17, 15) is 9.59 Å². The Morgan fingerprint density at radius 3 is 3.07 bits per heavy atom. The van der Waals surface area contributed by atoms with Crippen LogP contribution < -0.4 is 16.4 Å². The van der Waals surface area contributed by atoms with Crippen LogP contribution in [-0.2, 0) is 9.59 Å². The van der Waals surface area contributed by atoms with Gasteiger partial charge in [0.15, 0.2) is 0 Å². The van der Waals surface area contributed by atoms with Crippen LogP contribution in [0.3, 0.4) is 0 Å². The Kier molecular flexibility index (Phi) is 4.55. The molecule has 2 unspecified atom stereocenters. The van der Waals surface area contributed by atoms with Crippen LogP contribution >= 0.6 is 0 Å². The van der Waals surface area contributed by atoms with Crippen molar-refractivity contribution in [1.29, 1.82) is 0 Å². The predicted molar refractivity (Wildman–Crippen MR) is 57.1 cm³/mol. The highest BCUT2D eigenvalue weighted by atomic mass is 16.2. The summed E-state index contributed by atoms with van der Waals surface area (Å²) >= 11 is 0. The van der Waals surface area contributed by atoms with E-state index in [0.717, 1.165) is 12.8 Å². The molecule has 0 aliphatic carbocycles.